The minimum Gasteiger partial charge on any atom is -0.381 e. The van der Waals surface area contributed by atoms with Gasteiger partial charge >= 0.3 is 0 Å². The Labute approximate surface area is 195 Å². The van der Waals surface area contributed by atoms with E-state index in [0.29, 0.717) is 5.92 Å². The summed E-state index contributed by atoms with van der Waals surface area (Å²) in [5.74, 6) is 1.82. The molecule has 0 amide bonds. The first-order chi connectivity index (χ1) is 14.7. The maximum atomic E-state index is 4.42. The molecule has 0 aliphatic heterocycles. The molecule has 0 heterocycles. The number of allylic oxidation sites excluding steroid dienone is 2. The Morgan fingerprint density at radius 3 is 1.97 bits per heavy atom. The molecular formula is C29H39NS. The van der Waals surface area contributed by atoms with E-state index in [2.05, 4.69) is 93.9 Å². The van der Waals surface area contributed by atoms with Crippen LogP contribution in [0.4, 0.5) is 0 Å². The van der Waals surface area contributed by atoms with Crippen molar-refractivity contribution in [3.05, 3.63) is 85.1 Å². The standard InChI is InChI=1S/C29H39NS/c1-9-10-19-31-28-17-15-27(16-18-28)26-13-11-25(12-14-26)23(5)22(4)20-29(21(2)3)24(6)30(7)8/h11-18,22,29H,2,5-6,9-10,19-20H2,1,3-4,7-8H3. The lowest BCUT2D eigenvalue weighted by Crippen LogP contribution is -2.21. The van der Waals surface area contributed by atoms with E-state index in [1.165, 1.54) is 45.8 Å². The molecule has 31 heavy (non-hydrogen) atoms. The second-order valence-corrected chi connectivity index (χ2v) is 9.92. The number of unbranched alkanes of at least 4 members (excludes halogenated alkanes) is 1. The number of thioether (sulfide) groups is 1. The molecule has 2 aromatic rings. The van der Waals surface area contributed by atoms with Gasteiger partial charge in [-0.3, -0.25) is 0 Å². The Bertz CT molecular complexity index is 874. The summed E-state index contributed by atoms with van der Waals surface area (Å²) in [6.07, 6.45) is 3.50. The maximum absolute atomic E-state index is 4.42. The van der Waals surface area contributed by atoms with Gasteiger partial charge in [-0.1, -0.05) is 82.0 Å². The van der Waals surface area contributed by atoms with Gasteiger partial charge in [0.2, 0.25) is 0 Å². The molecule has 0 saturated heterocycles. The van der Waals surface area contributed by atoms with E-state index in [1.54, 1.807) is 0 Å². The molecule has 0 spiro atoms. The van der Waals surface area contributed by atoms with Gasteiger partial charge < -0.3 is 4.90 Å². The van der Waals surface area contributed by atoms with Gasteiger partial charge in [-0.05, 0) is 65.8 Å². The van der Waals surface area contributed by atoms with Crippen molar-refractivity contribution in [1.82, 2.24) is 4.90 Å². The van der Waals surface area contributed by atoms with Crippen LogP contribution in [0.15, 0.2) is 84.4 Å². The van der Waals surface area contributed by atoms with Crippen molar-refractivity contribution in [2.45, 2.75) is 44.9 Å². The fourth-order valence-electron chi connectivity index (χ4n) is 3.67. The molecule has 166 valence electrons. The average molecular weight is 434 g/mol. The molecule has 0 aromatic heterocycles. The average Bonchev–Trinajstić information content (AvgIpc) is 2.76. The monoisotopic (exact) mass is 433 g/mol. The number of rotatable bonds is 12. The van der Waals surface area contributed by atoms with Crippen LogP contribution in [0.2, 0.25) is 0 Å². The highest BCUT2D eigenvalue weighted by Crippen LogP contribution is 2.34. The number of hydrogen-bond donors (Lipinski definition) is 0. The summed E-state index contributed by atoms with van der Waals surface area (Å²) in [6, 6.07) is 17.8. The van der Waals surface area contributed by atoms with Gasteiger partial charge in [-0.25, -0.2) is 0 Å². The van der Waals surface area contributed by atoms with Crippen molar-refractivity contribution >= 4 is 17.3 Å². The van der Waals surface area contributed by atoms with E-state index >= 15 is 0 Å². The molecule has 2 rings (SSSR count). The van der Waals surface area contributed by atoms with E-state index in [1.807, 2.05) is 25.9 Å². The van der Waals surface area contributed by atoms with E-state index < -0.39 is 0 Å². The molecule has 0 aliphatic rings. The van der Waals surface area contributed by atoms with E-state index in [4.69, 9.17) is 0 Å². The summed E-state index contributed by atoms with van der Waals surface area (Å²) >= 11 is 1.94. The van der Waals surface area contributed by atoms with Gasteiger partial charge in [0.15, 0.2) is 0 Å². The lowest BCUT2D eigenvalue weighted by atomic mass is 9.83. The number of benzene rings is 2. The molecule has 0 saturated carbocycles. The minimum absolute atomic E-state index is 0.273. The highest BCUT2D eigenvalue weighted by atomic mass is 32.2. The van der Waals surface area contributed by atoms with Crippen LogP contribution < -0.4 is 0 Å². The van der Waals surface area contributed by atoms with Gasteiger partial charge in [0, 0.05) is 30.6 Å². The van der Waals surface area contributed by atoms with E-state index in [-0.39, 0.29) is 5.92 Å². The largest absolute Gasteiger partial charge is 0.381 e. The van der Waals surface area contributed by atoms with Crippen molar-refractivity contribution in [3.8, 4) is 11.1 Å². The summed E-state index contributed by atoms with van der Waals surface area (Å²) in [4.78, 5) is 3.44. The van der Waals surface area contributed by atoms with Gasteiger partial charge in [-0.15, -0.1) is 11.8 Å². The Hall–Kier alpha value is -2.19. The summed E-state index contributed by atoms with van der Waals surface area (Å²) in [7, 11) is 4.10. The second-order valence-electron chi connectivity index (χ2n) is 8.75. The zero-order chi connectivity index (χ0) is 23.0. The van der Waals surface area contributed by atoms with Crippen molar-refractivity contribution < 1.29 is 0 Å². The molecule has 0 N–H and O–H groups in total. The molecule has 1 nitrogen and oxygen atoms in total. The van der Waals surface area contributed by atoms with Crippen molar-refractivity contribution in [3.63, 3.8) is 0 Å². The first-order valence-corrected chi connectivity index (χ1v) is 12.3. The molecule has 0 bridgehead atoms. The quantitative estimate of drug-likeness (QED) is 0.187. The first kappa shape index (κ1) is 25.1. The first-order valence-electron chi connectivity index (χ1n) is 11.3. The molecule has 0 aliphatic carbocycles. The third-order valence-corrected chi connectivity index (χ3v) is 7.06. The zero-order valence-corrected chi connectivity index (χ0v) is 20.9. The third-order valence-electron chi connectivity index (χ3n) is 5.97. The van der Waals surface area contributed by atoms with Crippen LogP contribution in [0, 0.1) is 11.8 Å². The summed E-state index contributed by atoms with van der Waals surface area (Å²) in [5.41, 5.74) is 7.15. The maximum Gasteiger partial charge on any atom is 0.0192 e. The van der Waals surface area contributed by atoms with Crippen LogP contribution in [0.5, 0.6) is 0 Å². The number of hydrogen-bond acceptors (Lipinski definition) is 2. The van der Waals surface area contributed by atoms with Crippen LogP contribution in [0.3, 0.4) is 0 Å². The fourth-order valence-corrected chi connectivity index (χ4v) is 4.67. The molecule has 2 unspecified atom stereocenters. The Morgan fingerprint density at radius 1 is 0.935 bits per heavy atom. The molecule has 0 radical (unpaired) electrons. The second kappa shape index (κ2) is 12.0. The van der Waals surface area contributed by atoms with Crippen molar-refractivity contribution in [2.24, 2.45) is 11.8 Å². The van der Waals surface area contributed by atoms with Crippen molar-refractivity contribution in [2.75, 3.05) is 19.8 Å². The lowest BCUT2D eigenvalue weighted by Gasteiger charge is -2.29. The highest BCUT2D eigenvalue weighted by molar-refractivity contribution is 7.99. The SMILES string of the molecule is C=C(c1ccc(-c2ccc(SCCCC)cc2)cc1)C(C)CC(C(=C)C)C(=C)N(C)C. The van der Waals surface area contributed by atoms with Crippen molar-refractivity contribution in [1.29, 1.82) is 0 Å². The summed E-state index contributed by atoms with van der Waals surface area (Å²) in [6.45, 7) is 19.5. The molecule has 0 fully saturated rings. The van der Waals surface area contributed by atoms with Gasteiger partial charge in [-0.2, -0.15) is 0 Å². The Morgan fingerprint density at radius 2 is 1.48 bits per heavy atom. The van der Waals surface area contributed by atoms with Crippen LogP contribution in [0.1, 0.15) is 45.6 Å². The predicted octanol–water partition coefficient (Wildman–Crippen LogP) is 8.55. The third kappa shape index (κ3) is 7.18. The molecular weight excluding hydrogens is 394 g/mol. The van der Waals surface area contributed by atoms with E-state index in [0.717, 1.165) is 17.7 Å². The van der Waals surface area contributed by atoms with Crippen LogP contribution >= 0.6 is 11.8 Å². The normalized spacial score (nSPS) is 12.8. The predicted molar refractivity (Wildman–Crippen MR) is 141 cm³/mol. The van der Waals surface area contributed by atoms with E-state index in [9.17, 15) is 0 Å². The van der Waals surface area contributed by atoms with Crippen LogP contribution in [-0.4, -0.2) is 24.7 Å². The molecule has 2 atom stereocenters. The lowest BCUT2D eigenvalue weighted by molar-refractivity contribution is 0.413. The topological polar surface area (TPSA) is 3.24 Å². The smallest absolute Gasteiger partial charge is 0.0192 e. The zero-order valence-electron chi connectivity index (χ0n) is 20.1. The Balaban J connectivity index is 2.05. The van der Waals surface area contributed by atoms with Crippen LogP contribution in [-0.2, 0) is 0 Å². The summed E-state index contributed by atoms with van der Waals surface area (Å²) in [5, 5.41) is 0. The van der Waals surface area contributed by atoms with Crippen LogP contribution in [0.25, 0.3) is 16.7 Å². The fraction of sp³-hybridized carbons (Fsp3) is 0.379. The number of nitrogens with zero attached hydrogens (tertiary/aromatic N) is 1. The van der Waals surface area contributed by atoms with Gasteiger partial charge in [0.25, 0.3) is 0 Å². The highest BCUT2D eigenvalue weighted by Gasteiger charge is 2.20. The minimum atomic E-state index is 0.273. The summed E-state index contributed by atoms with van der Waals surface area (Å²) < 4.78 is 0. The van der Waals surface area contributed by atoms with Gasteiger partial charge in [0.05, 0.1) is 0 Å². The molecule has 2 aromatic carbocycles. The molecule has 2 heteroatoms. The Kier molecular flexibility index (Phi) is 9.71. The van der Waals surface area contributed by atoms with Gasteiger partial charge in [0.1, 0.15) is 0 Å².